The lowest BCUT2D eigenvalue weighted by molar-refractivity contribution is -0.117. The summed E-state index contributed by atoms with van der Waals surface area (Å²) in [5.41, 5.74) is 7.29. The molecular formula is C10H15N3O. The molecular weight excluding hydrogens is 178 g/mol. The van der Waals surface area contributed by atoms with Crippen LogP contribution in [-0.2, 0) is 4.79 Å². The number of nitrogens with two attached hydrogens (primary N) is 1. The average Bonchev–Trinajstić information content (AvgIpc) is 2.20. The molecule has 4 heteroatoms. The third-order valence-electron chi connectivity index (χ3n) is 2.07. The van der Waals surface area contributed by atoms with Crippen LogP contribution in [0.3, 0.4) is 0 Å². The minimum Gasteiger partial charge on any atom is -0.323 e. The van der Waals surface area contributed by atoms with E-state index in [0.717, 1.165) is 11.3 Å². The average molecular weight is 193 g/mol. The molecule has 1 aromatic rings. The predicted octanol–water partition coefficient (Wildman–Crippen LogP) is 1.07. The fourth-order valence-electron chi connectivity index (χ4n) is 1.01. The maximum Gasteiger partial charge on any atom is 0.241 e. The Balaban J connectivity index is 2.70. The largest absolute Gasteiger partial charge is 0.323 e. The summed E-state index contributed by atoms with van der Waals surface area (Å²) in [6.45, 7) is 3.79. The quantitative estimate of drug-likeness (QED) is 0.754. The third-order valence-corrected chi connectivity index (χ3v) is 2.07. The molecule has 0 bridgehead atoms. The number of nitrogens with one attached hydrogen (secondary N) is 1. The molecule has 1 aromatic heterocycles. The number of aryl methyl sites for hydroxylation is 1. The van der Waals surface area contributed by atoms with E-state index in [4.69, 9.17) is 5.73 Å². The Bertz CT molecular complexity index is 325. The zero-order valence-corrected chi connectivity index (χ0v) is 8.45. The highest BCUT2D eigenvalue weighted by Gasteiger charge is 2.11. The van der Waals surface area contributed by atoms with Gasteiger partial charge in [-0.1, -0.05) is 6.92 Å². The molecule has 14 heavy (non-hydrogen) atoms. The van der Waals surface area contributed by atoms with Crippen molar-refractivity contribution in [2.24, 2.45) is 5.73 Å². The zero-order chi connectivity index (χ0) is 10.6. The number of hydrogen-bond donors (Lipinski definition) is 2. The van der Waals surface area contributed by atoms with Gasteiger partial charge in [0.25, 0.3) is 0 Å². The van der Waals surface area contributed by atoms with Gasteiger partial charge in [-0.3, -0.25) is 9.78 Å². The van der Waals surface area contributed by atoms with Crippen LogP contribution in [0.15, 0.2) is 18.5 Å². The molecule has 0 radical (unpaired) electrons. The van der Waals surface area contributed by atoms with E-state index in [2.05, 4.69) is 10.3 Å². The van der Waals surface area contributed by atoms with Crippen molar-refractivity contribution >= 4 is 11.6 Å². The van der Waals surface area contributed by atoms with Crippen LogP contribution in [0.25, 0.3) is 0 Å². The Kier molecular flexibility index (Phi) is 3.59. The van der Waals surface area contributed by atoms with Gasteiger partial charge in [0.2, 0.25) is 5.91 Å². The number of carbonyl (C=O) groups excluding carboxylic acids is 1. The van der Waals surface area contributed by atoms with Crippen LogP contribution < -0.4 is 11.1 Å². The highest BCUT2D eigenvalue weighted by Crippen LogP contribution is 2.11. The van der Waals surface area contributed by atoms with Crippen molar-refractivity contribution in [2.75, 3.05) is 5.32 Å². The number of anilines is 1. The summed E-state index contributed by atoms with van der Waals surface area (Å²) in [4.78, 5) is 15.4. The Morgan fingerprint density at radius 2 is 2.43 bits per heavy atom. The van der Waals surface area contributed by atoms with Gasteiger partial charge in [0.1, 0.15) is 0 Å². The van der Waals surface area contributed by atoms with Crippen molar-refractivity contribution in [3.05, 3.63) is 24.0 Å². The van der Waals surface area contributed by atoms with E-state index in [1.165, 1.54) is 0 Å². The summed E-state index contributed by atoms with van der Waals surface area (Å²) in [5.74, 6) is -0.163. The molecule has 0 fully saturated rings. The molecule has 3 N–H and O–H groups in total. The normalized spacial score (nSPS) is 12.2. The van der Waals surface area contributed by atoms with Crippen molar-refractivity contribution < 1.29 is 4.79 Å². The lowest BCUT2D eigenvalue weighted by Crippen LogP contribution is -2.35. The molecule has 0 unspecified atom stereocenters. The Hall–Kier alpha value is -1.42. The van der Waals surface area contributed by atoms with E-state index in [1.54, 1.807) is 12.4 Å². The third kappa shape index (κ3) is 2.53. The van der Waals surface area contributed by atoms with Crippen LogP contribution in [0.4, 0.5) is 5.69 Å². The maximum absolute atomic E-state index is 11.4. The number of nitrogens with zero attached hydrogens (tertiary/aromatic N) is 1. The Morgan fingerprint density at radius 3 is 3.00 bits per heavy atom. The molecule has 1 heterocycles. The second kappa shape index (κ2) is 4.72. The van der Waals surface area contributed by atoms with E-state index in [1.807, 2.05) is 19.9 Å². The zero-order valence-electron chi connectivity index (χ0n) is 8.45. The second-order valence-electron chi connectivity index (χ2n) is 3.19. The van der Waals surface area contributed by atoms with Crippen LogP contribution in [0, 0.1) is 6.92 Å². The van der Waals surface area contributed by atoms with Gasteiger partial charge >= 0.3 is 0 Å². The molecule has 1 amide bonds. The molecule has 0 spiro atoms. The Morgan fingerprint density at radius 1 is 1.71 bits per heavy atom. The number of aromatic nitrogens is 1. The minimum absolute atomic E-state index is 0.163. The van der Waals surface area contributed by atoms with E-state index in [0.29, 0.717) is 6.42 Å². The predicted molar refractivity (Wildman–Crippen MR) is 55.9 cm³/mol. The first-order valence-electron chi connectivity index (χ1n) is 4.62. The monoisotopic (exact) mass is 193 g/mol. The first kappa shape index (κ1) is 10.7. The molecule has 1 rings (SSSR count). The number of amides is 1. The molecule has 0 aliphatic carbocycles. The van der Waals surface area contributed by atoms with Crippen molar-refractivity contribution in [1.82, 2.24) is 4.98 Å². The number of pyridine rings is 1. The Labute approximate surface area is 83.5 Å². The van der Waals surface area contributed by atoms with Gasteiger partial charge in [0.15, 0.2) is 0 Å². The van der Waals surface area contributed by atoms with Crippen molar-refractivity contribution in [2.45, 2.75) is 26.3 Å². The summed E-state index contributed by atoms with van der Waals surface area (Å²) in [6, 6.07) is 1.39. The summed E-state index contributed by atoms with van der Waals surface area (Å²) in [5, 5.41) is 2.73. The van der Waals surface area contributed by atoms with Gasteiger partial charge in [0.05, 0.1) is 17.9 Å². The van der Waals surface area contributed by atoms with Gasteiger partial charge in [-0.05, 0) is 25.0 Å². The lowest BCUT2D eigenvalue weighted by atomic mass is 10.2. The first-order valence-corrected chi connectivity index (χ1v) is 4.62. The van der Waals surface area contributed by atoms with E-state index >= 15 is 0 Å². The molecule has 0 aliphatic heterocycles. The highest BCUT2D eigenvalue weighted by molar-refractivity contribution is 5.95. The van der Waals surface area contributed by atoms with E-state index < -0.39 is 6.04 Å². The molecule has 0 aliphatic rings. The number of rotatable bonds is 3. The van der Waals surface area contributed by atoms with Gasteiger partial charge in [-0.2, -0.15) is 0 Å². The summed E-state index contributed by atoms with van der Waals surface area (Å²) >= 11 is 0. The topological polar surface area (TPSA) is 68.0 Å². The van der Waals surface area contributed by atoms with Gasteiger partial charge in [-0.15, -0.1) is 0 Å². The van der Waals surface area contributed by atoms with Gasteiger partial charge < -0.3 is 11.1 Å². The van der Waals surface area contributed by atoms with Crippen LogP contribution in [0.1, 0.15) is 18.9 Å². The van der Waals surface area contributed by atoms with Crippen molar-refractivity contribution in [1.29, 1.82) is 0 Å². The molecule has 4 nitrogen and oxygen atoms in total. The lowest BCUT2D eigenvalue weighted by Gasteiger charge is -2.11. The molecule has 76 valence electrons. The summed E-state index contributed by atoms with van der Waals surface area (Å²) in [7, 11) is 0. The smallest absolute Gasteiger partial charge is 0.241 e. The molecule has 0 aromatic carbocycles. The SMILES string of the molecule is CC[C@@H](N)C(=O)Nc1cnccc1C. The van der Waals surface area contributed by atoms with E-state index in [-0.39, 0.29) is 5.91 Å². The highest BCUT2D eigenvalue weighted by atomic mass is 16.2. The second-order valence-corrected chi connectivity index (χ2v) is 3.19. The standard InChI is InChI=1S/C10H15N3O/c1-3-8(11)10(14)13-9-6-12-5-4-7(9)2/h4-6,8H,3,11H2,1-2H3,(H,13,14)/t8-/m1/s1. The van der Waals surface area contributed by atoms with Crippen molar-refractivity contribution in [3.63, 3.8) is 0 Å². The van der Waals surface area contributed by atoms with Crippen molar-refractivity contribution in [3.8, 4) is 0 Å². The van der Waals surface area contributed by atoms with Gasteiger partial charge in [0, 0.05) is 6.20 Å². The number of carbonyl (C=O) groups is 1. The fraction of sp³-hybridized carbons (Fsp3) is 0.400. The summed E-state index contributed by atoms with van der Waals surface area (Å²) in [6.07, 6.45) is 3.94. The maximum atomic E-state index is 11.4. The van der Waals surface area contributed by atoms with Crippen LogP contribution in [0.5, 0.6) is 0 Å². The molecule has 1 atom stereocenters. The van der Waals surface area contributed by atoms with E-state index in [9.17, 15) is 4.79 Å². The first-order chi connectivity index (χ1) is 6.65. The minimum atomic E-state index is -0.449. The fourth-order valence-corrected chi connectivity index (χ4v) is 1.01. The van der Waals surface area contributed by atoms with Crippen LogP contribution >= 0.6 is 0 Å². The molecule has 0 saturated carbocycles. The van der Waals surface area contributed by atoms with Crippen LogP contribution in [0.2, 0.25) is 0 Å². The van der Waals surface area contributed by atoms with Gasteiger partial charge in [-0.25, -0.2) is 0 Å². The molecule has 0 saturated heterocycles. The number of hydrogen-bond acceptors (Lipinski definition) is 3. The van der Waals surface area contributed by atoms with Crippen LogP contribution in [-0.4, -0.2) is 16.9 Å². The summed E-state index contributed by atoms with van der Waals surface area (Å²) < 4.78 is 0.